The van der Waals surface area contributed by atoms with Gasteiger partial charge in [-0.3, -0.25) is 14.5 Å². The zero-order valence-electron chi connectivity index (χ0n) is 16.4. The molecular formula is C19H17ClF3N5O3S. The Morgan fingerprint density at radius 3 is 2.53 bits per heavy atom. The number of benzene rings is 1. The number of carbonyl (C=O) groups excluding carboxylic acids is 1. The molecule has 4 rings (SSSR count). The van der Waals surface area contributed by atoms with Crippen molar-refractivity contribution in [1.82, 2.24) is 14.6 Å². The Hall–Kier alpha value is -2.86. The molecule has 0 radical (unpaired) electrons. The van der Waals surface area contributed by atoms with Gasteiger partial charge in [0, 0.05) is 37.9 Å². The summed E-state index contributed by atoms with van der Waals surface area (Å²) in [6, 6.07) is 7.18. The quantitative estimate of drug-likeness (QED) is 0.716. The molecule has 2 aliphatic rings. The van der Waals surface area contributed by atoms with Crippen molar-refractivity contribution in [2.45, 2.75) is 11.1 Å². The lowest BCUT2D eigenvalue weighted by atomic mass is 10.2. The molecule has 1 amide bonds. The van der Waals surface area contributed by atoms with Crippen LogP contribution in [0, 0.1) is 0 Å². The van der Waals surface area contributed by atoms with Gasteiger partial charge in [-0.1, -0.05) is 23.7 Å². The van der Waals surface area contributed by atoms with Gasteiger partial charge in [0.15, 0.2) is 0 Å². The Labute approximate surface area is 186 Å². The maximum Gasteiger partial charge on any atom is 0.417 e. The highest BCUT2D eigenvalue weighted by atomic mass is 35.5. The molecule has 13 heteroatoms. The third-order valence-electron chi connectivity index (χ3n) is 5.12. The Kier molecular flexibility index (Phi) is 5.76. The van der Waals surface area contributed by atoms with Gasteiger partial charge in [-0.2, -0.15) is 13.2 Å². The summed E-state index contributed by atoms with van der Waals surface area (Å²) in [6.45, 7) is 1.01. The summed E-state index contributed by atoms with van der Waals surface area (Å²) in [5.74, 6) is 0.0458. The third-order valence-corrected chi connectivity index (χ3v) is 6.79. The molecule has 1 aromatic heterocycles. The van der Waals surface area contributed by atoms with Gasteiger partial charge in [-0.15, -0.1) is 0 Å². The van der Waals surface area contributed by atoms with Gasteiger partial charge >= 0.3 is 6.18 Å². The average molecular weight is 488 g/mol. The maximum atomic E-state index is 12.8. The lowest BCUT2D eigenvalue weighted by molar-refractivity contribution is -0.137. The molecule has 0 unspecified atom stereocenters. The number of aliphatic imine (C=N–C) groups is 1. The Bertz CT molecular complexity index is 1190. The van der Waals surface area contributed by atoms with E-state index in [1.165, 1.54) is 6.07 Å². The molecule has 0 aliphatic carbocycles. The van der Waals surface area contributed by atoms with Gasteiger partial charge in [0.25, 0.3) is 10.0 Å². The van der Waals surface area contributed by atoms with Crippen molar-refractivity contribution in [2.24, 2.45) is 4.99 Å². The molecule has 0 atom stereocenters. The molecule has 1 N–H and O–H groups in total. The second kappa shape index (κ2) is 8.24. The van der Waals surface area contributed by atoms with Gasteiger partial charge in [0.1, 0.15) is 18.2 Å². The first-order valence-corrected chi connectivity index (χ1v) is 11.3. The van der Waals surface area contributed by atoms with Crippen LogP contribution >= 0.6 is 11.6 Å². The number of piperazine rings is 1. The number of hydrogen-bond acceptors (Lipinski definition) is 6. The number of pyridine rings is 1. The number of anilines is 1. The van der Waals surface area contributed by atoms with E-state index in [9.17, 15) is 26.4 Å². The summed E-state index contributed by atoms with van der Waals surface area (Å²) in [5.41, 5.74) is -0.517. The predicted molar refractivity (Wildman–Crippen MR) is 111 cm³/mol. The molecule has 1 aromatic carbocycles. The first-order chi connectivity index (χ1) is 15.1. The lowest BCUT2D eigenvalue weighted by Gasteiger charge is -2.35. The molecule has 0 bridgehead atoms. The van der Waals surface area contributed by atoms with Crippen LogP contribution in [-0.2, 0) is 21.0 Å². The van der Waals surface area contributed by atoms with Crippen LogP contribution in [0.25, 0.3) is 0 Å². The summed E-state index contributed by atoms with van der Waals surface area (Å²) < 4.78 is 64.9. The summed E-state index contributed by atoms with van der Waals surface area (Å²) in [7, 11) is -3.68. The van der Waals surface area contributed by atoms with Crippen LogP contribution in [0.15, 0.2) is 46.4 Å². The standard InChI is InChI=1S/C19H17ClF3N5O3S/c20-14-9-12(19(21,22)23)10-25-18(14)28-7-5-27(6-8-28)16(29)11-24-17-13-3-1-2-4-15(13)32(30,31)26-17/h1-4,9-10H,5-8,11H2,(H,24,26). The molecule has 32 heavy (non-hydrogen) atoms. The zero-order valence-corrected chi connectivity index (χ0v) is 18.0. The monoisotopic (exact) mass is 487 g/mol. The topological polar surface area (TPSA) is 95.0 Å². The van der Waals surface area contributed by atoms with Gasteiger partial charge in [0.2, 0.25) is 5.91 Å². The minimum absolute atomic E-state index is 0.112. The number of alkyl halides is 3. The number of aromatic nitrogens is 1. The van der Waals surface area contributed by atoms with E-state index in [1.807, 2.05) is 0 Å². The summed E-state index contributed by atoms with van der Waals surface area (Å²) >= 11 is 6.00. The predicted octanol–water partition coefficient (Wildman–Crippen LogP) is 2.14. The second-order valence-corrected chi connectivity index (χ2v) is 9.22. The fourth-order valence-corrected chi connectivity index (χ4v) is 5.02. The van der Waals surface area contributed by atoms with Gasteiger partial charge in [-0.25, -0.2) is 13.4 Å². The van der Waals surface area contributed by atoms with E-state index in [4.69, 9.17) is 11.6 Å². The first kappa shape index (κ1) is 22.3. The fourth-order valence-electron chi connectivity index (χ4n) is 3.48. The van der Waals surface area contributed by atoms with Crippen molar-refractivity contribution in [1.29, 1.82) is 0 Å². The highest BCUT2D eigenvalue weighted by Crippen LogP contribution is 2.33. The Morgan fingerprint density at radius 2 is 1.88 bits per heavy atom. The molecule has 0 spiro atoms. The average Bonchev–Trinajstić information content (AvgIpc) is 3.02. The molecule has 0 saturated carbocycles. The molecule has 3 heterocycles. The minimum atomic E-state index is -4.53. The molecule has 8 nitrogen and oxygen atoms in total. The number of sulfonamides is 1. The number of nitrogens with one attached hydrogen (secondary N) is 1. The summed E-state index contributed by atoms with van der Waals surface area (Å²) in [4.78, 5) is 23.9. The van der Waals surface area contributed by atoms with Crippen LogP contribution in [-0.4, -0.2) is 62.8 Å². The third kappa shape index (κ3) is 4.37. The summed E-state index contributed by atoms with van der Waals surface area (Å²) in [5, 5.41) is -0.113. The van der Waals surface area contributed by atoms with E-state index < -0.39 is 21.8 Å². The number of amides is 1. The number of halogens is 4. The van der Waals surface area contributed by atoms with E-state index in [0.29, 0.717) is 31.7 Å². The van der Waals surface area contributed by atoms with E-state index in [2.05, 4.69) is 14.7 Å². The van der Waals surface area contributed by atoms with E-state index in [-0.39, 0.29) is 34.0 Å². The minimum Gasteiger partial charge on any atom is -0.352 e. The Balaban J connectivity index is 1.38. The van der Waals surface area contributed by atoms with Crippen LogP contribution in [0.4, 0.5) is 19.0 Å². The van der Waals surface area contributed by atoms with Crippen molar-refractivity contribution in [2.75, 3.05) is 37.6 Å². The highest BCUT2D eigenvalue weighted by molar-refractivity contribution is 7.90. The molecule has 170 valence electrons. The summed E-state index contributed by atoms with van der Waals surface area (Å²) in [6.07, 6.45) is -3.80. The fraction of sp³-hybridized carbons (Fsp3) is 0.316. The first-order valence-electron chi connectivity index (χ1n) is 9.48. The van der Waals surface area contributed by atoms with Crippen molar-refractivity contribution < 1.29 is 26.4 Å². The number of nitrogens with zero attached hydrogens (tertiary/aromatic N) is 4. The van der Waals surface area contributed by atoms with E-state index in [1.54, 1.807) is 28.0 Å². The van der Waals surface area contributed by atoms with Crippen LogP contribution < -0.4 is 9.62 Å². The molecule has 2 aliphatic heterocycles. The van der Waals surface area contributed by atoms with Crippen molar-refractivity contribution in [3.8, 4) is 0 Å². The van der Waals surface area contributed by atoms with Gasteiger partial charge in [-0.05, 0) is 18.2 Å². The normalized spacial score (nSPS) is 19.1. The highest BCUT2D eigenvalue weighted by Gasteiger charge is 2.33. The number of carbonyl (C=O) groups is 1. The van der Waals surface area contributed by atoms with Gasteiger partial charge < -0.3 is 9.80 Å². The number of hydrogen-bond donors (Lipinski definition) is 1. The number of fused-ring (bicyclic) bond motifs is 1. The van der Waals surface area contributed by atoms with Crippen molar-refractivity contribution >= 4 is 39.2 Å². The van der Waals surface area contributed by atoms with Crippen LogP contribution in [0.5, 0.6) is 0 Å². The molecule has 1 fully saturated rings. The smallest absolute Gasteiger partial charge is 0.352 e. The van der Waals surface area contributed by atoms with Crippen molar-refractivity contribution in [3.63, 3.8) is 0 Å². The number of rotatable bonds is 3. The second-order valence-electron chi connectivity index (χ2n) is 7.16. The van der Waals surface area contributed by atoms with E-state index >= 15 is 0 Å². The Morgan fingerprint density at radius 1 is 1.19 bits per heavy atom. The zero-order chi connectivity index (χ0) is 23.1. The maximum absolute atomic E-state index is 12.8. The molecular weight excluding hydrogens is 471 g/mol. The molecule has 1 saturated heterocycles. The van der Waals surface area contributed by atoms with Gasteiger partial charge in [0.05, 0.1) is 15.5 Å². The lowest BCUT2D eigenvalue weighted by Crippen LogP contribution is -2.49. The van der Waals surface area contributed by atoms with Crippen LogP contribution in [0.3, 0.4) is 0 Å². The SMILES string of the molecule is O=C(CN=C1NS(=O)(=O)c2ccccc21)N1CCN(c2ncc(C(F)(F)F)cc2Cl)CC1. The number of amidine groups is 1. The van der Waals surface area contributed by atoms with Crippen LogP contribution in [0.1, 0.15) is 11.1 Å². The largest absolute Gasteiger partial charge is 0.417 e. The van der Waals surface area contributed by atoms with E-state index in [0.717, 1.165) is 12.3 Å². The van der Waals surface area contributed by atoms with Crippen molar-refractivity contribution in [3.05, 3.63) is 52.7 Å². The van der Waals surface area contributed by atoms with Crippen LogP contribution in [0.2, 0.25) is 5.02 Å². The molecule has 2 aromatic rings.